The van der Waals surface area contributed by atoms with Gasteiger partial charge in [-0.25, -0.2) is 4.79 Å². The zero-order valence-electron chi connectivity index (χ0n) is 15.0. The van der Waals surface area contributed by atoms with E-state index in [9.17, 15) is 14.4 Å². The van der Waals surface area contributed by atoms with Crippen LogP contribution in [-0.2, 0) is 21.4 Å². The summed E-state index contributed by atoms with van der Waals surface area (Å²) in [6.45, 7) is 1.14. The van der Waals surface area contributed by atoms with Crippen LogP contribution in [0.1, 0.15) is 21.6 Å². The van der Waals surface area contributed by atoms with Crippen LogP contribution in [0.4, 0.5) is 0 Å². The summed E-state index contributed by atoms with van der Waals surface area (Å²) in [4.78, 5) is 35.6. The molecule has 0 fully saturated rings. The third-order valence-corrected chi connectivity index (χ3v) is 3.98. The van der Waals surface area contributed by atoms with Gasteiger partial charge in [0.2, 0.25) is 0 Å². The minimum atomic E-state index is -0.761. The molecule has 0 saturated heterocycles. The van der Waals surface area contributed by atoms with E-state index in [1.165, 1.54) is 23.9 Å². The second-order valence-corrected chi connectivity index (χ2v) is 5.79. The van der Waals surface area contributed by atoms with Crippen LogP contribution in [0.3, 0.4) is 0 Å². The predicted octanol–water partition coefficient (Wildman–Crippen LogP) is 1.90. The summed E-state index contributed by atoms with van der Waals surface area (Å²) in [6.07, 6.45) is 2.58. The number of rotatable bonds is 6. The lowest BCUT2D eigenvalue weighted by atomic mass is 10.2. The van der Waals surface area contributed by atoms with Gasteiger partial charge in [-0.1, -0.05) is 23.7 Å². The Kier molecular flexibility index (Phi) is 6.73. The van der Waals surface area contributed by atoms with E-state index in [0.29, 0.717) is 22.2 Å². The molecule has 0 atom stereocenters. The third-order valence-electron chi connectivity index (χ3n) is 3.53. The highest BCUT2D eigenvalue weighted by molar-refractivity contribution is 6.31. The van der Waals surface area contributed by atoms with E-state index in [1.807, 2.05) is 0 Å². The summed E-state index contributed by atoms with van der Waals surface area (Å²) in [5.74, 6) is -1.84. The van der Waals surface area contributed by atoms with Gasteiger partial charge in [0.05, 0.1) is 18.4 Å². The molecular weight excluding hydrogens is 374 g/mol. The topological polar surface area (TPSA) is 99.5 Å². The Hall–Kier alpha value is -3.13. The van der Waals surface area contributed by atoms with E-state index >= 15 is 0 Å². The van der Waals surface area contributed by atoms with E-state index in [1.54, 1.807) is 32.2 Å². The number of esters is 1. The molecule has 1 heterocycles. The van der Waals surface area contributed by atoms with Crippen molar-refractivity contribution in [1.29, 1.82) is 0 Å². The fraction of sp³-hybridized carbons (Fsp3) is 0.222. The second-order valence-electron chi connectivity index (χ2n) is 5.43. The van der Waals surface area contributed by atoms with Crippen LogP contribution >= 0.6 is 11.6 Å². The first-order valence-corrected chi connectivity index (χ1v) is 8.22. The van der Waals surface area contributed by atoms with Crippen molar-refractivity contribution in [2.24, 2.45) is 7.05 Å². The summed E-state index contributed by atoms with van der Waals surface area (Å²) in [6, 6.07) is 6.44. The van der Waals surface area contributed by atoms with Crippen LogP contribution < -0.4 is 10.1 Å². The summed E-state index contributed by atoms with van der Waals surface area (Å²) < 4.78 is 11.3. The molecule has 0 bridgehead atoms. The van der Waals surface area contributed by atoms with Crippen LogP contribution in [0.25, 0.3) is 6.08 Å². The molecule has 1 aromatic heterocycles. The molecule has 0 unspecified atom stereocenters. The average Bonchev–Trinajstić information content (AvgIpc) is 2.89. The maximum Gasteiger partial charge on any atom is 0.331 e. The molecule has 0 aliphatic rings. The predicted molar refractivity (Wildman–Crippen MR) is 98.4 cm³/mol. The Morgan fingerprint density at radius 1 is 1.30 bits per heavy atom. The molecule has 8 nitrogen and oxygen atoms in total. The van der Waals surface area contributed by atoms with Gasteiger partial charge in [-0.2, -0.15) is 5.10 Å². The number of para-hydroxylation sites is 1. The van der Waals surface area contributed by atoms with Crippen molar-refractivity contribution < 1.29 is 23.9 Å². The van der Waals surface area contributed by atoms with Crippen LogP contribution in [0.5, 0.6) is 5.75 Å². The molecule has 1 aromatic carbocycles. The molecular formula is C18H18ClN3O5. The van der Waals surface area contributed by atoms with Crippen molar-refractivity contribution in [2.45, 2.75) is 6.92 Å². The molecule has 0 spiro atoms. The number of amides is 2. The van der Waals surface area contributed by atoms with Gasteiger partial charge in [-0.3, -0.25) is 19.6 Å². The fourth-order valence-corrected chi connectivity index (χ4v) is 2.47. The van der Waals surface area contributed by atoms with Crippen molar-refractivity contribution >= 4 is 35.5 Å². The first-order valence-electron chi connectivity index (χ1n) is 7.84. The summed E-state index contributed by atoms with van der Waals surface area (Å²) >= 11 is 6.05. The molecule has 27 heavy (non-hydrogen) atoms. The van der Waals surface area contributed by atoms with Gasteiger partial charge in [0.1, 0.15) is 10.9 Å². The van der Waals surface area contributed by atoms with Gasteiger partial charge in [0, 0.05) is 18.7 Å². The number of ether oxygens (including phenoxy) is 2. The van der Waals surface area contributed by atoms with E-state index in [4.69, 9.17) is 21.1 Å². The average molecular weight is 392 g/mol. The number of aryl methyl sites for hydroxylation is 2. The summed E-state index contributed by atoms with van der Waals surface area (Å²) in [5.41, 5.74) is 1.42. The van der Waals surface area contributed by atoms with Crippen molar-refractivity contribution in [3.8, 4) is 5.75 Å². The molecule has 0 aliphatic heterocycles. The van der Waals surface area contributed by atoms with Gasteiger partial charge in [-0.05, 0) is 25.1 Å². The molecule has 0 aliphatic carbocycles. The molecule has 9 heteroatoms. The maximum absolute atomic E-state index is 12.1. The normalized spacial score (nSPS) is 10.7. The minimum Gasteiger partial charge on any atom is -0.496 e. The molecule has 0 radical (unpaired) electrons. The second kappa shape index (κ2) is 9.00. The highest BCUT2D eigenvalue weighted by atomic mass is 35.5. The standard InChI is InChI=1S/C18H18ClN3O5/c1-11-12(17(19)22(2)21-11)8-9-16(24)27-10-15(23)20-18(25)13-6-4-5-7-14(13)26-3/h4-9H,10H2,1-3H3,(H,20,23,25)/b9-8+. The maximum atomic E-state index is 12.1. The van der Waals surface area contributed by atoms with Crippen LogP contribution in [0.15, 0.2) is 30.3 Å². The zero-order chi connectivity index (χ0) is 20.0. The van der Waals surface area contributed by atoms with Crippen LogP contribution in [0, 0.1) is 6.92 Å². The molecule has 1 N–H and O–H groups in total. The lowest BCUT2D eigenvalue weighted by Crippen LogP contribution is -2.34. The largest absolute Gasteiger partial charge is 0.496 e. The number of benzene rings is 1. The van der Waals surface area contributed by atoms with Gasteiger partial charge >= 0.3 is 5.97 Å². The quantitative estimate of drug-likeness (QED) is 0.596. The SMILES string of the molecule is COc1ccccc1C(=O)NC(=O)COC(=O)/C=C/c1c(C)nn(C)c1Cl. The number of hydrogen-bond acceptors (Lipinski definition) is 6. The number of carbonyl (C=O) groups is 3. The number of carbonyl (C=O) groups excluding carboxylic acids is 3. The third kappa shape index (κ3) is 5.18. The number of halogens is 1. The molecule has 142 valence electrons. The van der Waals surface area contributed by atoms with Crippen molar-refractivity contribution in [2.75, 3.05) is 13.7 Å². The first-order chi connectivity index (χ1) is 12.8. The van der Waals surface area contributed by atoms with E-state index in [2.05, 4.69) is 10.4 Å². The van der Waals surface area contributed by atoms with Gasteiger partial charge in [0.15, 0.2) is 6.61 Å². The van der Waals surface area contributed by atoms with Crippen molar-refractivity contribution in [3.63, 3.8) is 0 Å². The molecule has 0 saturated carbocycles. The van der Waals surface area contributed by atoms with Crippen LogP contribution in [-0.4, -0.2) is 41.3 Å². The Morgan fingerprint density at radius 3 is 2.63 bits per heavy atom. The minimum absolute atomic E-state index is 0.196. The lowest BCUT2D eigenvalue weighted by Gasteiger charge is -2.08. The Labute approximate surface area is 160 Å². The van der Waals surface area contributed by atoms with Gasteiger partial charge in [0.25, 0.3) is 11.8 Å². The highest BCUT2D eigenvalue weighted by Crippen LogP contribution is 2.20. The highest BCUT2D eigenvalue weighted by Gasteiger charge is 2.15. The molecule has 2 aromatic rings. The van der Waals surface area contributed by atoms with Gasteiger partial charge < -0.3 is 9.47 Å². The number of methoxy groups -OCH3 is 1. The number of aromatic nitrogens is 2. The number of hydrogen-bond donors (Lipinski definition) is 1. The van der Waals surface area contributed by atoms with Crippen molar-refractivity contribution in [3.05, 3.63) is 52.3 Å². The Morgan fingerprint density at radius 2 is 2.00 bits per heavy atom. The molecule has 2 amide bonds. The van der Waals surface area contributed by atoms with E-state index in [-0.39, 0.29) is 5.56 Å². The fourth-order valence-electron chi connectivity index (χ4n) is 2.23. The van der Waals surface area contributed by atoms with Crippen molar-refractivity contribution in [1.82, 2.24) is 15.1 Å². The first kappa shape index (κ1) is 20.2. The molecule has 2 rings (SSSR count). The number of nitrogens with zero attached hydrogens (tertiary/aromatic N) is 2. The van der Waals surface area contributed by atoms with E-state index < -0.39 is 24.4 Å². The van der Waals surface area contributed by atoms with E-state index in [0.717, 1.165) is 6.08 Å². The Balaban J connectivity index is 1.88. The zero-order valence-corrected chi connectivity index (χ0v) is 15.7. The summed E-state index contributed by atoms with van der Waals surface area (Å²) in [7, 11) is 3.09. The smallest absolute Gasteiger partial charge is 0.331 e. The van der Waals surface area contributed by atoms with Crippen LogP contribution in [0.2, 0.25) is 5.15 Å². The monoisotopic (exact) mass is 391 g/mol. The number of imide groups is 1. The summed E-state index contributed by atoms with van der Waals surface area (Å²) in [5, 5.41) is 6.61. The Bertz CT molecular complexity index is 904. The number of nitrogens with one attached hydrogen (secondary N) is 1. The lowest BCUT2D eigenvalue weighted by molar-refractivity contribution is -0.143. The van der Waals surface area contributed by atoms with Gasteiger partial charge in [-0.15, -0.1) is 0 Å².